The summed E-state index contributed by atoms with van der Waals surface area (Å²) in [5, 5.41) is 2.99. The van der Waals surface area contributed by atoms with Gasteiger partial charge in [-0.15, -0.1) is 11.8 Å². The Kier molecular flexibility index (Phi) is 6.56. The topological polar surface area (TPSA) is 49.4 Å². The van der Waals surface area contributed by atoms with Crippen LogP contribution in [0.1, 0.15) is 31.4 Å². The molecule has 1 aliphatic heterocycles. The van der Waals surface area contributed by atoms with Crippen molar-refractivity contribution in [1.82, 2.24) is 4.90 Å². The van der Waals surface area contributed by atoms with E-state index < -0.39 is 0 Å². The number of nitrogens with one attached hydrogen (secondary N) is 1. The number of carbonyl (C=O) groups is 2. The van der Waals surface area contributed by atoms with Crippen molar-refractivity contribution in [2.45, 2.75) is 38.1 Å². The minimum Gasteiger partial charge on any atom is -0.338 e. The van der Waals surface area contributed by atoms with Gasteiger partial charge in [-0.1, -0.05) is 38.1 Å². The van der Waals surface area contributed by atoms with Gasteiger partial charge in [0.25, 0.3) is 0 Å². The van der Waals surface area contributed by atoms with Gasteiger partial charge < -0.3 is 10.2 Å². The number of thioether (sulfide) groups is 1. The van der Waals surface area contributed by atoms with Crippen molar-refractivity contribution < 1.29 is 9.59 Å². The Hall–Kier alpha value is -2.27. The molecule has 0 bridgehead atoms. The first kappa shape index (κ1) is 19.5. The molecule has 0 aliphatic carbocycles. The molecule has 4 nitrogen and oxygen atoms in total. The molecule has 0 radical (unpaired) electrons. The molecule has 1 aliphatic rings. The highest BCUT2D eigenvalue weighted by atomic mass is 32.2. The average molecular weight is 383 g/mol. The van der Waals surface area contributed by atoms with Gasteiger partial charge in [0.2, 0.25) is 11.8 Å². The van der Waals surface area contributed by atoms with E-state index in [0.717, 1.165) is 30.0 Å². The minimum atomic E-state index is 0.0107. The molecule has 1 heterocycles. The third-order valence-electron chi connectivity index (χ3n) is 4.65. The van der Waals surface area contributed by atoms with Gasteiger partial charge in [0.1, 0.15) is 0 Å². The third kappa shape index (κ3) is 5.36. The van der Waals surface area contributed by atoms with E-state index in [1.807, 2.05) is 49.1 Å². The van der Waals surface area contributed by atoms with E-state index in [9.17, 15) is 9.59 Å². The van der Waals surface area contributed by atoms with Crippen LogP contribution in [0.15, 0.2) is 53.4 Å². The molecule has 3 rings (SSSR count). The van der Waals surface area contributed by atoms with Crippen LogP contribution < -0.4 is 5.32 Å². The maximum Gasteiger partial charge on any atom is 0.225 e. The molecule has 2 amide bonds. The van der Waals surface area contributed by atoms with Gasteiger partial charge in [-0.05, 0) is 41.8 Å². The Morgan fingerprint density at radius 1 is 1.11 bits per heavy atom. The highest BCUT2D eigenvalue weighted by Gasteiger charge is 2.22. The number of fused-ring (bicyclic) bond motifs is 1. The van der Waals surface area contributed by atoms with E-state index in [0.29, 0.717) is 13.0 Å². The van der Waals surface area contributed by atoms with Crippen LogP contribution >= 0.6 is 11.8 Å². The molecule has 0 atom stereocenters. The molecule has 142 valence electrons. The molecule has 27 heavy (non-hydrogen) atoms. The van der Waals surface area contributed by atoms with Crippen molar-refractivity contribution in [3.8, 4) is 0 Å². The van der Waals surface area contributed by atoms with Crippen LogP contribution in [0.3, 0.4) is 0 Å². The summed E-state index contributed by atoms with van der Waals surface area (Å²) in [6.07, 6.45) is 1.34. The smallest absolute Gasteiger partial charge is 0.225 e. The van der Waals surface area contributed by atoms with Gasteiger partial charge in [-0.3, -0.25) is 9.59 Å². The molecule has 0 saturated carbocycles. The standard InChI is InChI=1S/C22H26N2O2S/c1-16(2)22(26)24-12-10-17-8-9-19(14-18(17)15-24)23-21(25)11-13-27-20-6-4-3-5-7-20/h3-9,14,16H,10-13,15H2,1-2H3,(H,23,25). The van der Waals surface area contributed by atoms with Gasteiger partial charge in [0.15, 0.2) is 0 Å². The fourth-order valence-electron chi connectivity index (χ4n) is 3.19. The number of hydrogen-bond acceptors (Lipinski definition) is 3. The Morgan fingerprint density at radius 2 is 1.89 bits per heavy atom. The molecule has 5 heteroatoms. The first-order valence-electron chi connectivity index (χ1n) is 9.41. The highest BCUT2D eigenvalue weighted by Crippen LogP contribution is 2.24. The van der Waals surface area contributed by atoms with Crippen LogP contribution in [-0.4, -0.2) is 29.0 Å². The zero-order chi connectivity index (χ0) is 19.2. The number of nitrogens with zero attached hydrogens (tertiary/aromatic N) is 1. The molecule has 0 unspecified atom stereocenters. The largest absolute Gasteiger partial charge is 0.338 e. The van der Waals surface area contributed by atoms with Crippen molar-refractivity contribution in [3.05, 3.63) is 59.7 Å². The number of hydrogen-bond donors (Lipinski definition) is 1. The lowest BCUT2D eigenvalue weighted by molar-refractivity contribution is -0.135. The summed E-state index contributed by atoms with van der Waals surface area (Å²) in [5.74, 6) is 0.964. The quantitative estimate of drug-likeness (QED) is 0.756. The monoisotopic (exact) mass is 382 g/mol. The number of carbonyl (C=O) groups excluding carboxylic acids is 2. The summed E-state index contributed by atoms with van der Waals surface area (Å²) in [4.78, 5) is 27.6. The molecular weight excluding hydrogens is 356 g/mol. The summed E-state index contributed by atoms with van der Waals surface area (Å²) < 4.78 is 0. The van der Waals surface area contributed by atoms with E-state index in [1.165, 1.54) is 10.5 Å². The van der Waals surface area contributed by atoms with Crippen LogP contribution in [-0.2, 0) is 22.6 Å². The fraction of sp³-hybridized carbons (Fsp3) is 0.364. The second kappa shape index (κ2) is 9.09. The first-order chi connectivity index (χ1) is 13.0. The van der Waals surface area contributed by atoms with Crippen LogP contribution in [0, 0.1) is 5.92 Å². The Balaban J connectivity index is 1.54. The van der Waals surface area contributed by atoms with E-state index in [2.05, 4.69) is 23.5 Å². The van der Waals surface area contributed by atoms with Crippen molar-refractivity contribution in [2.75, 3.05) is 17.6 Å². The summed E-state index contributed by atoms with van der Waals surface area (Å²) in [7, 11) is 0. The van der Waals surface area contributed by atoms with Crippen molar-refractivity contribution in [3.63, 3.8) is 0 Å². The average Bonchev–Trinajstić information content (AvgIpc) is 2.67. The molecule has 1 N–H and O–H groups in total. The predicted molar refractivity (Wildman–Crippen MR) is 111 cm³/mol. The Morgan fingerprint density at radius 3 is 2.63 bits per heavy atom. The van der Waals surface area contributed by atoms with E-state index in [4.69, 9.17) is 0 Å². The highest BCUT2D eigenvalue weighted by molar-refractivity contribution is 7.99. The minimum absolute atomic E-state index is 0.0107. The second-order valence-electron chi connectivity index (χ2n) is 7.11. The van der Waals surface area contributed by atoms with Gasteiger partial charge in [0, 0.05) is 41.8 Å². The molecular formula is C22H26N2O2S. The van der Waals surface area contributed by atoms with Crippen LogP contribution in [0.2, 0.25) is 0 Å². The van der Waals surface area contributed by atoms with Gasteiger partial charge in [0.05, 0.1) is 0 Å². The summed E-state index contributed by atoms with van der Waals surface area (Å²) in [5.41, 5.74) is 3.20. The lowest BCUT2D eigenvalue weighted by atomic mass is 9.98. The number of anilines is 1. The summed E-state index contributed by atoms with van der Waals surface area (Å²) in [6, 6.07) is 16.1. The zero-order valence-corrected chi connectivity index (χ0v) is 16.7. The Bertz CT molecular complexity index is 805. The van der Waals surface area contributed by atoms with Gasteiger partial charge >= 0.3 is 0 Å². The molecule has 2 aromatic rings. The third-order valence-corrected chi connectivity index (χ3v) is 5.66. The number of benzene rings is 2. The van der Waals surface area contributed by atoms with Crippen LogP contribution in [0.5, 0.6) is 0 Å². The second-order valence-corrected chi connectivity index (χ2v) is 8.28. The first-order valence-corrected chi connectivity index (χ1v) is 10.4. The fourth-order valence-corrected chi connectivity index (χ4v) is 4.06. The van der Waals surface area contributed by atoms with Crippen LogP contribution in [0.4, 0.5) is 5.69 Å². The van der Waals surface area contributed by atoms with Gasteiger partial charge in [-0.2, -0.15) is 0 Å². The van der Waals surface area contributed by atoms with Crippen molar-refractivity contribution >= 4 is 29.3 Å². The molecule has 0 aromatic heterocycles. The zero-order valence-electron chi connectivity index (χ0n) is 15.9. The molecule has 2 aromatic carbocycles. The normalized spacial score (nSPS) is 13.4. The number of amides is 2. The molecule has 0 fully saturated rings. The maximum atomic E-state index is 12.3. The van der Waals surface area contributed by atoms with Crippen molar-refractivity contribution in [1.29, 1.82) is 0 Å². The number of rotatable bonds is 6. The maximum absolute atomic E-state index is 12.3. The predicted octanol–water partition coefficient (Wildman–Crippen LogP) is 4.35. The van der Waals surface area contributed by atoms with Crippen molar-refractivity contribution in [2.24, 2.45) is 5.92 Å². The lowest BCUT2D eigenvalue weighted by Gasteiger charge is -2.30. The summed E-state index contributed by atoms with van der Waals surface area (Å²) in [6.45, 7) is 5.26. The van der Waals surface area contributed by atoms with E-state index in [-0.39, 0.29) is 17.7 Å². The van der Waals surface area contributed by atoms with Crippen LogP contribution in [0.25, 0.3) is 0 Å². The SMILES string of the molecule is CC(C)C(=O)N1CCc2ccc(NC(=O)CCSc3ccccc3)cc2C1. The Labute approximate surface area is 165 Å². The molecule has 0 spiro atoms. The van der Waals surface area contributed by atoms with E-state index >= 15 is 0 Å². The molecule has 0 saturated heterocycles. The van der Waals surface area contributed by atoms with Gasteiger partial charge in [-0.25, -0.2) is 0 Å². The van der Waals surface area contributed by atoms with E-state index in [1.54, 1.807) is 11.8 Å². The lowest BCUT2D eigenvalue weighted by Crippen LogP contribution is -2.38. The summed E-state index contributed by atoms with van der Waals surface area (Å²) >= 11 is 1.68.